The van der Waals surface area contributed by atoms with Gasteiger partial charge in [0.1, 0.15) is 6.04 Å². The molecule has 10 heteroatoms. The third-order valence-corrected chi connectivity index (χ3v) is 6.45. The number of aliphatic hydroxyl groups is 1. The molecule has 1 fully saturated rings. The van der Waals surface area contributed by atoms with Crippen LogP contribution in [0.4, 0.5) is 0 Å². The van der Waals surface area contributed by atoms with Gasteiger partial charge in [-0.05, 0) is 38.0 Å². The number of nitrogens with zero attached hydrogens (tertiary/aromatic N) is 3. The zero-order valence-electron chi connectivity index (χ0n) is 17.5. The van der Waals surface area contributed by atoms with Gasteiger partial charge in [-0.15, -0.1) is 10.2 Å². The van der Waals surface area contributed by atoms with Crippen LogP contribution in [0.15, 0.2) is 29.4 Å². The molecule has 0 radical (unpaired) electrons. The molecule has 8 nitrogen and oxygen atoms in total. The van der Waals surface area contributed by atoms with Gasteiger partial charge < -0.3 is 20.3 Å². The molecule has 31 heavy (non-hydrogen) atoms. The normalized spacial score (nSPS) is 15.5. The number of rotatable bonds is 9. The first-order chi connectivity index (χ1) is 15.0. The van der Waals surface area contributed by atoms with Crippen LogP contribution in [0.2, 0.25) is 5.02 Å². The summed E-state index contributed by atoms with van der Waals surface area (Å²) in [7, 11) is 0. The summed E-state index contributed by atoms with van der Waals surface area (Å²) < 4.78 is 1.80. The minimum absolute atomic E-state index is 0.0166. The largest absolute Gasteiger partial charge is 0.394 e. The van der Waals surface area contributed by atoms with Gasteiger partial charge in [-0.2, -0.15) is 0 Å². The summed E-state index contributed by atoms with van der Waals surface area (Å²) in [5.41, 5.74) is 0.391. The fraction of sp³-hybridized carbons (Fsp3) is 0.524. The Balaban J connectivity index is 1.63. The zero-order valence-corrected chi connectivity index (χ0v) is 19.1. The lowest BCUT2D eigenvalue weighted by Crippen LogP contribution is -2.37. The molecule has 3 rings (SSSR count). The van der Waals surface area contributed by atoms with E-state index < -0.39 is 6.04 Å². The predicted molar refractivity (Wildman–Crippen MR) is 120 cm³/mol. The number of hydrogen-bond donors (Lipinski definition) is 3. The van der Waals surface area contributed by atoms with E-state index in [-0.39, 0.29) is 30.2 Å². The Morgan fingerprint density at radius 2 is 2.06 bits per heavy atom. The molecule has 1 heterocycles. The van der Waals surface area contributed by atoms with Crippen LogP contribution in [0.5, 0.6) is 0 Å². The molecule has 3 N–H and O–H groups in total. The maximum atomic E-state index is 12.6. The van der Waals surface area contributed by atoms with Gasteiger partial charge in [0.05, 0.1) is 12.4 Å². The molecule has 0 spiro atoms. The second kappa shape index (κ2) is 11.5. The van der Waals surface area contributed by atoms with Crippen LogP contribution in [-0.2, 0) is 11.3 Å². The molecule has 0 aliphatic heterocycles. The monoisotopic (exact) mass is 465 g/mol. The molecule has 0 bridgehead atoms. The van der Waals surface area contributed by atoms with Crippen LogP contribution < -0.4 is 10.6 Å². The van der Waals surface area contributed by atoms with E-state index in [1.165, 1.54) is 18.2 Å². The van der Waals surface area contributed by atoms with Gasteiger partial charge in [0.15, 0.2) is 11.0 Å². The van der Waals surface area contributed by atoms with Crippen LogP contribution in [0.1, 0.15) is 61.3 Å². The molecule has 2 amide bonds. The molecule has 168 valence electrons. The van der Waals surface area contributed by atoms with Crippen LogP contribution in [0, 0.1) is 0 Å². The molecule has 1 saturated carbocycles. The van der Waals surface area contributed by atoms with Crippen LogP contribution in [-0.4, -0.2) is 50.1 Å². The Hall–Kier alpha value is -2.10. The number of carbonyl (C=O) groups is 2. The number of aliphatic hydroxyl groups excluding tert-OH is 1. The van der Waals surface area contributed by atoms with Gasteiger partial charge >= 0.3 is 0 Å². The Morgan fingerprint density at radius 1 is 1.29 bits per heavy atom. The number of benzene rings is 1. The lowest BCUT2D eigenvalue weighted by Gasteiger charge is -2.22. The second-order valence-electron chi connectivity index (χ2n) is 7.50. The summed E-state index contributed by atoms with van der Waals surface area (Å²) in [5, 5.41) is 25.1. The van der Waals surface area contributed by atoms with E-state index in [2.05, 4.69) is 20.8 Å². The number of hydrogen-bond acceptors (Lipinski definition) is 6. The van der Waals surface area contributed by atoms with E-state index in [0.29, 0.717) is 28.1 Å². The molecular weight excluding hydrogens is 438 g/mol. The van der Waals surface area contributed by atoms with Crippen molar-refractivity contribution in [2.45, 2.75) is 62.8 Å². The highest BCUT2D eigenvalue weighted by Gasteiger charge is 2.23. The van der Waals surface area contributed by atoms with E-state index in [4.69, 9.17) is 11.6 Å². The highest BCUT2D eigenvalue weighted by atomic mass is 35.5. The van der Waals surface area contributed by atoms with E-state index in [0.717, 1.165) is 25.7 Å². The van der Waals surface area contributed by atoms with Crippen molar-refractivity contribution in [2.24, 2.45) is 0 Å². The average molecular weight is 466 g/mol. The summed E-state index contributed by atoms with van der Waals surface area (Å²) in [5.74, 6) is 0.300. The fourth-order valence-corrected chi connectivity index (χ4v) is 4.68. The smallest absolute Gasteiger partial charge is 0.252 e. The molecule has 2 aromatic rings. The van der Waals surface area contributed by atoms with Gasteiger partial charge in [-0.3, -0.25) is 9.59 Å². The topological polar surface area (TPSA) is 109 Å². The highest BCUT2D eigenvalue weighted by molar-refractivity contribution is 7.99. The Kier molecular flexibility index (Phi) is 8.74. The fourth-order valence-electron chi connectivity index (χ4n) is 3.67. The van der Waals surface area contributed by atoms with E-state index in [1.54, 1.807) is 28.8 Å². The Morgan fingerprint density at radius 3 is 2.74 bits per heavy atom. The number of amides is 2. The summed E-state index contributed by atoms with van der Waals surface area (Å²) in [6.07, 6.45) is 5.64. The quantitative estimate of drug-likeness (QED) is 0.491. The molecule has 0 unspecified atom stereocenters. The van der Waals surface area contributed by atoms with E-state index in [9.17, 15) is 14.7 Å². The average Bonchev–Trinajstić information content (AvgIpc) is 3.19. The van der Waals surface area contributed by atoms with Crippen molar-refractivity contribution in [1.82, 2.24) is 25.4 Å². The third kappa shape index (κ3) is 6.44. The van der Waals surface area contributed by atoms with Crippen molar-refractivity contribution >= 4 is 35.2 Å². The number of thioether (sulfide) groups is 1. The standard InChI is InChI=1S/C21H28ClN5O3S/c1-2-27-19(17(12-28)24-20(30)14-7-6-8-15(22)11-14)25-26-21(27)31-13-18(29)23-16-9-4-3-5-10-16/h6-8,11,16-17,28H,2-5,9-10,12-13H2,1H3,(H,23,29)(H,24,30)/t17-/m1/s1. The van der Waals surface area contributed by atoms with Crippen molar-refractivity contribution in [3.8, 4) is 0 Å². The first-order valence-electron chi connectivity index (χ1n) is 10.5. The van der Waals surface area contributed by atoms with Gasteiger partial charge in [0.25, 0.3) is 5.91 Å². The minimum atomic E-state index is -0.732. The van der Waals surface area contributed by atoms with Gasteiger partial charge in [-0.25, -0.2) is 0 Å². The molecular formula is C21H28ClN5O3S. The van der Waals surface area contributed by atoms with Crippen molar-refractivity contribution in [2.75, 3.05) is 12.4 Å². The van der Waals surface area contributed by atoms with Crippen LogP contribution in [0.3, 0.4) is 0 Å². The summed E-state index contributed by atoms with van der Waals surface area (Å²) in [4.78, 5) is 24.9. The SMILES string of the molecule is CCn1c(SCC(=O)NC2CCCCC2)nnc1[C@@H](CO)NC(=O)c1cccc(Cl)c1. The molecule has 1 aliphatic rings. The first-order valence-corrected chi connectivity index (χ1v) is 11.9. The lowest BCUT2D eigenvalue weighted by molar-refractivity contribution is -0.119. The van der Waals surface area contributed by atoms with Crippen molar-refractivity contribution in [3.63, 3.8) is 0 Å². The van der Waals surface area contributed by atoms with Gasteiger partial charge in [0.2, 0.25) is 5.91 Å². The van der Waals surface area contributed by atoms with E-state index in [1.807, 2.05) is 6.92 Å². The van der Waals surface area contributed by atoms with Crippen LogP contribution >= 0.6 is 23.4 Å². The second-order valence-corrected chi connectivity index (χ2v) is 8.87. The Bertz CT molecular complexity index is 901. The molecule has 1 atom stereocenters. The van der Waals surface area contributed by atoms with Crippen molar-refractivity contribution in [1.29, 1.82) is 0 Å². The third-order valence-electron chi connectivity index (χ3n) is 5.25. The minimum Gasteiger partial charge on any atom is -0.394 e. The number of carbonyl (C=O) groups excluding carboxylic acids is 2. The Labute approximate surface area is 191 Å². The van der Waals surface area contributed by atoms with Gasteiger partial charge in [0, 0.05) is 23.2 Å². The predicted octanol–water partition coefficient (Wildman–Crippen LogP) is 2.96. The molecule has 1 aromatic heterocycles. The lowest BCUT2D eigenvalue weighted by atomic mass is 9.95. The maximum absolute atomic E-state index is 12.6. The van der Waals surface area contributed by atoms with Gasteiger partial charge in [-0.1, -0.05) is 48.7 Å². The number of halogens is 1. The van der Waals surface area contributed by atoms with Crippen molar-refractivity contribution in [3.05, 3.63) is 40.7 Å². The first kappa shape index (κ1) is 23.6. The van der Waals surface area contributed by atoms with Crippen molar-refractivity contribution < 1.29 is 14.7 Å². The maximum Gasteiger partial charge on any atom is 0.252 e. The molecule has 1 aliphatic carbocycles. The van der Waals surface area contributed by atoms with Crippen LogP contribution in [0.25, 0.3) is 0 Å². The summed E-state index contributed by atoms with van der Waals surface area (Å²) in [6, 6.07) is 6.11. The number of aromatic nitrogens is 3. The van der Waals surface area contributed by atoms with E-state index >= 15 is 0 Å². The summed E-state index contributed by atoms with van der Waals surface area (Å²) >= 11 is 7.26. The number of nitrogens with one attached hydrogen (secondary N) is 2. The highest BCUT2D eigenvalue weighted by Crippen LogP contribution is 2.22. The zero-order chi connectivity index (χ0) is 22.2. The summed E-state index contributed by atoms with van der Waals surface area (Å²) in [6.45, 7) is 2.13. The molecule has 1 aromatic carbocycles. The molecule has 0 saturated heterocycles.